The third-order valence-electron chi connectivity index (χ3n) is 3.96. The molecule has 2 heteroatoms. The zero-order chi connectivity index (χ0) is 16.8. The molecule has 0 heterocycles. The van der Waals surface area contributed by atoms with E-state index in [0.717, 1.165) is 18.4 Å². The molecule has 1 unspecified atom stereocenters. The highest BCUT2D eigenvalue weighted by atomic mass is 16.4. The third-order valence-corrected chi connectivity index (χ3v) is 3.96. The average Bonchev–Trinajstić information content (AvgIpc) is 2.56. The minimum Gasteiger partial charge on any atom is -0.478 e. The van der Waals surface area contributed by atoms with Crippen molar-refractivity contribution < 1.29 is 9.90 Å². The van der Waals surface area contributed by atoms with Crippen molar-refractivity contribution in [1.29, 1.82) is 0 Å². The van der Waals surface area contributed by atoms with Gasteiger partial charge in [-0.05, 0) is 17.9 Å². The van der Waals surface area contributed by atoms with Gasteiger partial charge in [0.1, 0.15) is 0 Å². The molecule has 0 saturated heterocycles. The van der Waals surface area contributed by atoms with E-state index in [0.29, 0.717) is 0 Å². The predicted molar refractivity (Wildman–Crippen MR) is 98.4 cm³/mol. The Morgan fingerprint density at radius 3 is 2.30 bits per heavy atom. The van der Waals surface area contributed by atoms with Gasteiger partial charge in [0, 0.05) is 6.08 Å². The monoisotopic (exact) mass is 314 g/mol. The van der Waals surface area contributed by atoms with E-state index in [1.165, 1.54) is 44.6 Å². The smallest absolute Gasteiger partial charge is 0.327 e. The van der Waals surface area contributed by atoms with Gasteiger partial charge in [-0.3, -0.25) is 0 Å². The number of carbonyl (C=O) groups is 1. The highest BCUT2D eigenvalue weighted by Crippen LogP contribution is 2.16. The van der Waals surface area contributed by atoms with Crippen LogP contribution in [0.2, 0.25) is 0 Å². The van der Waals surface area contributed by atoms with Crippen molar-refractivity contribution in [3.8, 4) is 0 Å². The van der Waals surface area contributed by atoms with E-state index in [1.807, 2.05) is 18.2 Å². The van der Waals surface area contributed by atoms with Crippen molar-refractivity contribution in [2.45, 2.75) is 58.3 Å². The number of benzene rings is 1. The SMILES string of the molecule is CCCCCCCCCC(C=CC(=O)O)C=Cc1ccccc1. The topological polar surface area (TPSA) is 37.3 Å². The average molecular weight is 314 g/mol. The van der Waals surface area contributed by atoms with Crippen LogP contribution in [0.1, 0.15) is 63.9 Å². The fraction of sp³-hybridized carbons (Fsp3) is 0.476. The van der Waals surface area contributed by atoms with E-state index in [2.05, 4.69) is 31.2 Å². The van der Waals surface area contributed by atoms with Crippen LogP contribution in [-0.2, 0) is 4.79 Å². The Kier molecular flexibility index (Phi) is 10.6. The minimum atomic E-state index is -0.873. The first-order valence-electron chi connectivity index (χ1n) is 8.86. The Balaban J connectivity index is 2.40. The number of rotatable bonds is 12. The molecule has 0 bridgehead atoms. The molecular weight excluding hydrogens is 284 g/mol. The molecule has 1 N–H and O–H groups in total. The quantitative estimate of drug-likeness (QED) is 0.374. The number of hydrogen-bond acceptors (Lipinski definition) is 1. The number of carboxylic acid groups (broad SMARTS) is 1. The lowest BCUT2D eigenvalue weighted by Crippen LogP contribution is -1.95. The van der Waals surface area contributed by atoms with Crippen molar-refractivity contribution in [3.05, 3.63) is 54.1 Å². The second kappa shape index (κ2) is 12.7. The maximum absolute atomic E-state index is 10.7. The lowest BCUT2D eigenvalue weighted by Gasteiger charge is -2.08. The highest BCUT2D eigenvalue weighted by molar-refractivity contribution is 5.79. The van der Waals surface area contributed by atoms with E-state index in [1.54, 1.807) is 6.08 Å². The molecular formula is C21H30O2. The van der Waals surface area contributed by atoms with Crippen LogP contribution < -0.4 is 0 Å². The number of allylic oxidation sites excluding steroid dienone is 2. The Labute approximate surface area is 140 Å². The maximum Gasteiger partial charge on any atom is 0.327 e. The standard InChI is InChI=1S/C21H30O2/c1-2-3-4-5-6-7-9-14-20(17-18-21(22)23)16-15-19-12-10-8-11-13-19/h8,10-13,15-18,20H,2-7,9,14H2,1H3,(H,22,23). The molecule has 0 radical (unpaired) electrons. The van der Waals surface area contributed by atoms with Gasteiger partial charge in [-0.25, -0.2) is 4.79 Å². The van der Waals surface area contributed by atoms with Crippen molar-refractivity contribution in [2.24, 2.45) is 5.92 Å². The second-order valence-corrected chi connectivity index (χ2v) is 6.04. The number of aliphatic carboxylic acids is 1. The Morgan fingerprint density at radius 2 is 1.65 bits per heavy atom. The van der Waals surface area contributed by atoms with Crippen LogP contribution in [0.25, 0.3) is 6.08 Å². The summed E-state index contributed by atoms with van der Waals surface area (Å²) in [5.41, 5.74) is 1.15. The first kappa shape index (κ1) is 19.2. The summed E-state index contributed by atoms with van der Waals surface area (Å²) < 4.78 is 0. The third kappa shape index (κ3) is 10.5. The van der Waals surface area contributed by atoms with Gasteiger partial charge in [0.05, 0.1) is 0 Å². The van der Waals surface area contributed by atoms with Crippen LogP contribution in [0.4, 0.5) is 0 Å². The molecule has 0 aliphatic rings. The fourth-order valence-corrected chi connectivity index (χ4v) is 2.60. The molecule has 0 amide bonds. The van der Waals surface area contributed by atoms with Crippen LogP contribution in [0, 0.1) is 5.92 Å². The molecule has 0 fully saturated rings. The van der Waals surface area contributed by atoms with E-state index < -0.39 is 5.97 Å². The van der Waals surface area contributed by atoms with Gasteiger partial charge >= 0.3 is 5.97 Å². The minimum absolute atomic E-state index is 0.196. The second-order valence-electron chi connectivity index (χ2n) is 6.04. The Morgan fingerprint density at radius 1 is 1.00 bits per heavy atom. The van der Waals surface area contributed by atoms with Crippen LogP contribution in [0.15, 0.2) is 48.6 Å². The van der Waals surface area contributed by atoms with Gasteiger partial charge in [-0.15, -0.1) is 0 Å². The number of hydrogen-bond donors (Lipinski definition) is 1. The normalized spacial score (nSPS) is 12.9. The molecule has 0 spiro atoms. The zero-order valence-electron chi connectivity index (χ0n) is 14.3. The lowest BCUT2D eigenvalue weighted by molar-refractivity contribution is -0.131. The molecule has 0 aliphatic carbocycles. The van der Waals surface area contributed by atoms with Crippen LogP contribution in [0.5, 0.6) is 0 Å². The summed E-state index contributed by atoms with van der Waals surface area (Å²) in [6.45, 7) is 2.23. The van der Waals surface area contributed by atoms with Gasteiger partial charge in [0.25, 0.3) is 0 Å². The predicted octanol–water partition coefficient (Wildman–Crippen LogP) is 6.10. The van der Waals surface area contributed by atoms with Crippen molar-refractivity contribution in [1.82, 2.24) is 0 Å². The molecule has 23 heavy (non-hydrogen) atoms. The highest BCUT2D eigenvalue weighted by Gasteiger charge is 2.02. The Bertz CT molecular complexity index is 474. The summed E-state index contributed by atoms with van der Waals surface area (Å²) in [4.78, 5) is 10.7. The molecule has 1 aromatic rings. The Hall–Kier alpha value is -1.83. The fourth-order valence-electron chi connectivity index (χ4n) is 2.60. The van der Waals surface area contributed by atoms with Gasteiger partial charge in [0.2, 0.25) is 0 Å². The molecule has 1 atom stereocenters. The van der Waals surface area contributed by atoms with Crippen LogP contribution in [0.3, 0.4) is 0 Å². The summed E-state index contributed by atoms with van der Waals surface area (Å²) in [5.74, 6) is -0.676. The van der Waals surface area contributed by atoms with Crippen molar-refractivity contribution in [3.63, 3.8) is 0 Å². The first-order valence-corrected chi connectivity index (χ1v) is 8.86. The molecule has 1 aromatic carbocycles. The maximum atomic E-state index is 10.7. The summed E-state index contributed by atoms with van der Waals surface area (Å²) in [7, 11) is 0. The molecule has 1 rings (SSSR count). The van der Waals surface area contributed by atoms with E-state index in [-0.39, 0.29) is 5.92 Å². The van der Waals surface area contributed by atoms with Gasteiger partial charge in [0.15, 0.2) is 0 Å². The van der Waals surface area contributed by atoms with E-state index >= 15 is 0 Å². The number of unbranched alkanes of at least 4 members (excludes halogenated alkanes) is 6. The van der Waals surface area contributed by atoms with Crippen molar-refractivity contribution in [2.75, 3.05) is 0 Å². The van der Waals surface area contributed by atoms with E-state index in [9.17, 15) is 4.79 Å². The van der Waals surface area contributed by atoms with Gasteiger partial charge < -0.3 is 5.11 Å². The zero-order valence-corrected chi connectivity index (χ0v) is 14.3. The molecule has 0 saturated carbocycles. The molecule has 2 nitrogen and oxygen atoms in total. The lowest BCUT2D eigenvalue weighted by atomic mass is 9.98. The van der Waals surface area contributed by atoms with Crippen molar-refractivity contribution >= 4 is 12.0 Å². The largest absolute Gasteiger partial charge is 0.478 e. The first-order chi connectivity index (χ1) is 11.2. The number of carboxylic acids is 1. The van der Waals surface area contributed by atoms with Crippen LogP contribution >= 0.6 is 0 Å². The summed E-state index contributed by atoms with van der Waals surface area (Å²) in [6.07, 6.45) is 17.2. The summed E-state index contributed by atoms with van der Waals surface area (Å²) in [6, 6.07) is 10.1. The van der Waals surface area contributed by atoms with E-state index in [4.69, 9.17) is 5.11 Å². The van der Waals surface area contributed by atoms with Gasteiger partial charge in [-0.2, -0.15) is 0 Å². The molecule has 0 aromatic heterocycles. The summed E-state index contributed by atoms with van der Waals surface area (Å²) in [5, 5.41) is 8.83. The van der Waals surface area contributed by atoms with Gasteiger partial charge in [-0.1, -0.05) is 100 Å². The molecule has 126 valence electrons. The summed E-state index contributed by atoms with van der Waals surface area (Å²) >= 11 is 0. The molecule has 0 aliphatic heterocycles. The van der Waals surface area contributed by atoms with Crippen LogP contribution in [-0.4, -0.2) is 11.1 Å².